The van der Waals surface area contributed by atoms with Crippen LogP contribution in [0.3, 0.4) is 0 Å². The Morgan fingerprint density at radius 2 is 1.82 bits per heavy atom. The first kappa shape index (κ1) is 16.0. The minimum absolute atomic E-state index is 0.107. The molecule has 0 aliphatic heterocycles. The van der Waals surface area contributed by atoms with Crippen molar-refractivity contribution in [3.05, 3.63) is 58.6 Å². The first-order valence-electron chi connectivity index (χ1n) is 6.70. The van der Waals surface area contributed by atoms with Gasteiger partial charge in [0.1, 0.15) is 0 Å². The number of nitrogens with one attached hydrogen (secondary N) is 3. The number of para-hydroxylation sites is 1. The van der Waals surface area contributed by atoms with E-state index in [0.29, 0.717) is 11.4 Å². The number of carbonyl (C=O) groups is 2. The monoisotopic (exact) mass is 361 g/mol. The molecule has 0 aliphatic carbocycles. The van der Waals surface area contributed by atoms with Crippen molar-refractivity contribution < 1.29 is 9.59 Å². The first-order chi connectivity index (χ1) is 10.5. The van der Waals surface area contributed by atoms with Crippen LogP contribution in [0.5, 0.6) is 0 Å². The second-order valence-electron chi connectivity index (χ2n) is 4.71. The Bertz CT molecular complexity index is 689. The highest BCUT2D eigenvalue weighted by atomic mass is 79.9. The lowest BCUT2D eigenvalue weighted by Crippen LogP contribution is -2.35. The molecule has 0 atom stereocenters. The lowest BCUT2D eigenvalue weighted by atomic mass is 10.2. The van der Waals surface area contributed by atoms with E-state index in [-0.39, 0.29) is 12.5 Å². The van der Waals surface area contributed by atoms with Crippen LogP contribution in [0.4, 0.5) is 16.2 Å². The molecule has 3 amide bonds. The second kappa shape index (κ2) is 7.61. The molecule has 0 aromatic heterocycles. The number of aryl methyl sites for hydroxylation is 1. The topological polar surface area (TPSA) is 70.2 Å². The van der Waals surface area contributed by atoms with Crippen molar-refractivity contribution in [1.29, 1.82) is 0 Å². The number of urea groups is 1. The average molecular weight is 362 g/mol. The minimum Gasteiger partial charge on any atom is -0.329 e. The smallest absolute Gasteiger partial charge is 0.319 e. The summed E-state index contributed by atoms with van der Waals surface area (Å²) < 4.78 is 0.773. The zero-order valence-electron chi connectivity index (χ0n) is 12.0. The van der Waals surface area contributed by atoms with Gasteiger partial charge in [-0.25, -0.2) is 4.79 Å². The average Bonchev–Trinajstić information content (AvgIpc) is 2.48. The summed E-state index contributed by atoms with van der Waals surface area (Å²) in [6.45, 7) is 1.84. The van der Waals surface area contributed by atoms with E-state index < -0.39 is 6.03 Å². The van der Waals surface area contributed by atoms with Crippen LogP contribution in [0.2, 0.25) is 0 Å². The van der Waals surface area contributed by atoms with Gasteiger partial charge < -0.3 is 16.0 Å². The first-order valence-corrected chi connectivity index (χ1v) is 7.50. The molecule has 2 rings (SSSR count). The van der Waals surface area contributed by atoms with Gasteiger partial charge in [0, 0.05) is 10.2 Å². The van der Waals surface area contributed by atoms with Crippen molar-refractivity contribution in [2.75, 3.05) is 17.2 Å². The van der Waals surface area contributed by atoms with E-state index >= 15 is 0 Å². The fraction of sp³-hybridized carbons (Fsp3) is 0.125. The van der Waals surface area contributed by atoms with Crippen LogP contribution in [0, 0.1) is 6.92 Å². The molecule has 22 heavy (non-hydrogen) atoms. The Labute approximate surface area is 137 Å². The molecular weight excluding hydrogens is 346 g/mol. The van der Waals surface area contributed by atoms with Crippen LogP contribution >= 0.6 is 15.9 Å². The Morgan fingerprint density at radius 3 is 2.55 bits per heavy atom. The Kier molecular flexibility index (Phi) is 5.55. The van der Waals surface area contributed by atoms with Gasteiger partial charge in [0.2, 0.25) is 5.91 Å². The SMILES string of the molecule is Cc1cccc(NC(=O)CNC(=O)Nc2ccccc2Br)c1. The van der Waals surface area contributed by atoms with E-state index in [4.69, 9.17) is 0 Å². The molecule has 0 saturated heterocycles. The Balaban J connectivity index is 1.81. The minimum atomic E-state index is -0.439. The van der Waals surface area contributed by atoms with E-state index in [0.717, 1.165) is 10.0 Å². The fourth-order valence-electron chi connectivity index (χ4n) is 1.82. The van der Waals surface area contributed by atoms with Crippen LogP contribution in [0.15, 0.2) is 53.0 Å². The van der Waals surface area contributed by atoms with Gasteiger partial charge in [0.05, 0.1) is 12.2 Å². The molecule has 0 fully saturated rings. The number of benzene rings is 2. The van der Waals surface area contributed by atoms with E-state index in [1.165, 1.54) is 0 Å². The second-order valence-corrected chi connectivity index (χ2v) is 5.56. The fourth-order valence-corrected chi connectivity index (χ4v) is 2.20. The standard InChI is InChI=1S/C16H16BrN3O2/c1-11-5-4-6-12(9-11)19-15(21)10-18-16(22)20-14-8-3-2-7-13(14)17/h2-9H,10H2,1H3,(H,19,21)(H2,18,20,22). The third-order valence-corrected chi connectivity index (χ3v) is 3.52. The molecule has 114 valence electrons. The molecule has 0 heterocycles. The van der Waals surface area contributed by atoms with Crippen LogP contribution < -0.4 is 16.0 Å². The highest BCUT2D eigenvalue weighted by molar-refractivity contribution is 9.10. The van der Waals surface area contributed by atoms with Gasteiger partial charge >= 0.3 is 6.03 Å². The van der Waals surface area contributed by atoms with E-state index in [1.54, 1.807) is 12.1 Å². The highest BCUT2D eigenvalue weighted by Crippen LogP contribution is 2.20. The molecule has 2 aromatic carbocycles. The summed E-state index contributed by atoms with van der Waals surface area (Å²) in [4.78, 5) is 23.5. The van der Waals surface area contributed by atoms with Crippen molar-refractivity contribution >= 4 is 39.2 Å². The van der Waals surface area contributed by atoms with Crippen molar-refractivity contribution in [3.63, 3.8) is 0 Å². The molecule has 6 heteroatoms. The molecule has 0 radical (unpaired) electrons. The van der Waals surface area contributed by atoms with Gasteiger partial charge in [-0.3, -0.25) is 4.79 Å². The normalized spacial score (nSPS) is 9.91. The lowest BCUT2D eigenvalue weighted by molar-refractivity contribution is -0.115. The van der Waals surface area contributed by atoms with Gasteiger partial charge in [0.25, 0.3) is 0 Å². The van der Waals surface area contributed by atoms with Gasteiger partial charge in [-0.05, 0) is 52.7 Å². The Hall–Kier alpha value is -2.34. The molecule has 0 aliphatic rings. The molecule has 0 bridgehead atoms. The van der Waals surface area contributed by atoms with Crippen molar-refractivity contribution in [1.82, 2.24) is 5.32 Å². The molecule has 3 N–H and O–H groups in total. The molecule has 0 spiro atoms. The predicted octanol–water partition coefficient (Wildman–Crippen LogP) is 3.52. The molecule has 5 nitrogen and oxygen atoms in total. The largest absolute Gasteiger partial charge is 0.329 e. The van der Waals surface area contributed by atoms with Gasteiger partial charge in [0.15, 0.2) is 0 Å². The summed E-state index contributed by atoms with van der Waals surface area (Å²) in [7, 11) is 0. The number of hydrogen-bond donors (Lipinski definition) is 3. The van der Waals surface area contributed by atoms with E-state index in [2.05, 4.69) is 31.9 Å². The van der Waals surface area contributed by atoms with Crippen molar-refractivity contribution in [3.8, 4) is 0 Å². The van der Waals surface area contributed by atoms with Gasteiger partial charge in [-0.2, -0.15) is 0 Å². The maximum atomic E-state index is 11.8. The molecule has 0 saturated carbocycles. The summed E-state index contributed by atoms with van der Waals surface area (Å²) in [6.07, 6.45) is 0. The summed E-state index contributed by atoms with van der Waals surface area (Å²) in [6, 6.07) is 14.3. The lowest BCUT2D eigenvalue weighted by Gasteiger charge is -2.09. The predicted molar refractivity (Wildman–Crippen MR) is 91.0 cm³/mol. The number of amides is 3. The van der Waals surface area contributed by atoms with Crippen LogP contribution in [0.1, 0.15) is 5.56 Å². The van der Waals surface area contributed by atoms with Crippen LogP contribution in [-0.4, -0.2) is 18.5 Å². The van der Waals surface area contributed by atoms with Gasteiger partial charge in [-0.15, -0.1) is 0 Å². The maximum Gasteiger partial charge on any atom is 0.319 e. The van der Waals surface area contributed by atoms with Crippen molar-refractivity contribution in [2.45, 2.75) is 6.92 Å². The Morgan fingerprint density at radius 1 is 1.05 bits per heavy atom. The number of hydrogen-bond acceptors (Lipinski definition) is 2. The maximum absolute atomic E-state index is 11.8. The zero-order valence-corrected chi connectivity index (χ0v) is 13.6. The summed E-state index contributed by atoms with van der Waals surface area (Å²) in [5.41, 5.74) is 2.40. The van der Waals surface area contributed by atoms with Crippen LogP contribution in [0.25, 0.3) is 0 Å². The van der Waals surface area contributed by atoms with Crippen molar-refractivity contribution in [2.24, 2.45) is 0 Å². The number of rotatable bonds is 4. The number of halogens is 1. The van der Waals surface area contributed by atoms with E-state index in [9.17, 15) is 9.59 Å². The summed E-state index contributed by atoms with van der Waals surface area (Å²) >= 11 is 3.33. The van der Waals surface area contributed by atoms with Crippen LogP contribution in [-0.2, 0) is 4.79 Å². The quantitative estimate of drug-likeness (QED) is 0.779. The molecule has 2 aromatic rings. The summed E-state index contributed by atoms with van der Waals surface area (Å²) in [5.74, 6) is -0.284. The molecular formula is C16H16BrN3O2. The third-order valence-electron chi connectivity index (χ3n) is 2.83. The highest BCUT2D eigenvalue weighted by Gasteiger charge is 2.07. The number of carbonyl (C=O) groups excluding carboxylic acids is 2. The molecule has 0 unspecified atom stereocenters. The third kappa shape index (κ3) is 4.89. The van der Waals surface area contributed by atoms with Gasteiger partial charge in [-0.1, -0.05) is 24.3 Å². The van der Waals surface area contributed by atoms with E-state index in [1.807, 2.05) is 43.3 Å². The number of anilines is 2. The summed E-state index contributed by atoms with van der Waals surface area (Å²) in [5, 5.41) is 7.89. The zero-order chi connectivity index (χ0) is 15.9.